The second kappa shape index (κ2) is 6.90. The maximum Gasteiger partial charge on any atom is 0.343 e. The van der Waals surface area contributed by atoms with Crippen LogP contribution >= 0.6 is 7.60 Å². The fourth-order valence-electron chi connectivity index (χ4n) is 3.02. The molecular formula is C19H24N2O4P+. The summed E-state index contributed by atoms with van der Waals surface area (Å²) in [7, 11) is 3.77. The Labute approximate surface area is 154 Å². The standard InChI is InChI=1S/C19H23N2O4P/c1-6-24-26(22,23)19-15-9-7-13(20(2)3)11-17(15)25-18-12-14(21(4)5)8-10-16(18)19/h7-9,11-12,19H,6H2,1-5H3/p+1. The second-order valence-electron chi connectivity index (χ2n) is 6.63. The van der Waals surface area contributed by atoms with Crippen LogP contribution in [0.2, 0.25) is 0 Å². The van der Waals surface area contributed by atoms with Crippen LogP contribution in [-0.2, 0) is 9.09 Å². The highest BCUT2D eigenvalue weighted by molar-refractivity contribution is 7.53. The summed E-state index contributed by atoms with van der Waals surface area (Å²) in [5.41, 5.74) is 2.20. The molecule has 0 radical (unpaired) electrons. The molecule has 2 aliphatic rings. The Kier molecular flexibility index (Phi) is 4.96. The minimum absolute atomic E-state index is 0.154. The Hall–Kier alpha value is -2.10. The SMILES string of the molecule is CCOP(=O)(O)C1C2=C(C=C(N(C)C)C=[C+]2)Oc2cc(N(C)C)ccc21. The summed E-state index contributed by atoms with van der Waals surface area (Å²) in [6, 6.07) is 5.60. The van der Waals surface area contributed by atoms with Gasteiger partial charge >= 0.3 is 7.60 Å². The van der Waals surface area contributed by atoms with Crippen molar-refractivity contribution in [2.75, 3.05) is 39.7 Å². The Morgan fingerprint density at radius 3 is 2.62 bits per heavy atom. The lowest BCUT2D eigenvalue weighted by Gasteiger charge is -2.28. The van der Waals surface area contributed by atoms with Crippen LogP contribution in [0.25, 0.3) is 0 Å². The van der Waals surface area contributed by atoms with E-state index < -0.39 is 13.3 Å². The number of likely N-dealkylation sites (N-methyl/N-ethyl adjacent to an activating group) is 1. The summed E-state index contributed by atoms with van der Waals surface area (Å²) in [6.45, 7) is 1.86. The smallest absolute Gasteiger partial charge is 0.343 e. The molecule has 1 aromatic rings. The van der Waals surface area contributed by atoms with E-state index in [0.717, 1.165) is 11.4 Å². The predicted molar refractivity (Wildman–Crippen MR) is 102 cm³/mol. The van der Waals surface area contributed by atoms with Crippen molar-refractivity contribution in [2.45, 2.75) is 12.6 Å². The molecule has 1 aliphatic carbocycles. The van der Waals surface area contributed by atoms with Gasteiger partial charge in [0.2, 0.25) is 5.76 Å². The third kappa shape index (κ3) is 3.29. The molecule has 0 bridgehead atoms. The average molecular weight is 375 g/mol. The Morgan fingerprint density at radius 2 is 2.00 bits per heavy atom. The molecular weight excluding hydrogens is 351 g/mol. The summed E-state index contributed by atoms with van der Waals surface area (Å²) in [5.74, 6) is 1.09. The van der Waals surface area contributed by atoms with Gasteiger partial charge < -0.3 is 24.0 Å². The van der Waals surface area contributed by atoms with Crippen LogP contribution in [0.4, 0.5) is 5.69 Å². The molecule has 2 unspecified atom stereocenters. The summed E-state index contributed by atoms with van der Waals surface area (Å²) in [6.07, 6.45) is 6.79. The van der Waals surface area contributed by atoms with Gasteiger partial charge in [-0.2, -0.15) is 0 Å². The molecule has 0 spiro atoms. The number of hydrogen-bond donors (Lipinski definition) is 1. The maximum atomic E-state index is 13.0. The molecule has 6 nitrogen and oxygen atoms in total. The van der Waals surface area contributed by atoms with Crippen LogP contribution in [0, 0.1) is 6.08 Å². The first-order chi connectivity index (χ1) is 12.2. The maximum absolute atomic E-state index is 13.0. The fourth-order valence-corrected chi connectivity index (χ4v) is 4.63. The molecule has 7 heteroatoms. The molecule has 1 aromatic carbocycles. The van der Waals surface area contributed by atoms with Crippen molar-refractivity contribution in [3.8, 4) is 5.75 Å². The van der Waals surface area contributed by atoms with Crippen molar-refractivity contribution in [1.82, 2.24) is 4.90 Å². The lowest BCUT2D eigenvalue weighted by Crippen LogP contribution is -2.20. The molecule has 0 fully saturated rings. The highest BCUT2D eigenvalue weighted by atomic mass is 31.2. The molecule has 1 aliphatic heterocycles. The van der Waals surface area contributed by atoms with Gasteiger partial charge in [-0.3, -0.25) is 4.57 Å². The van der Waals surface area contributed by atoms with Crippen LogP contribution in [0.15, 0.2) is 47.4 Å². The molecule has 26 heavy (non-hydrogen) atoms. The molecule has 1 heterocycles. The third-order valence-electron chi connectivity index (χ3n) is 4.38. The zero-order chi connectivity index (χ0) is 19.1. The van der Waals surface area contributed by atoms with Gasteiger partial charge in [0, 0.05) is 45.5 Å². The lowest BCUT2D eigenvalue weighted by atomic mass is 9.96. The van der Waals surface area contributed by atoms with Gasteiger partial charge in [-0.15, -0.1) is 0 Å². The van der Waals surface area contributed by atoms with E-state index in [1.807, 2.05) is 62.3 Å². The lowest BCUT2D eigenvalue weighted by molar-refractivity contribution is 0.265. The number of ether oxygens (including phenoxy) is 1. The number of nitrogens with zero attached hydrogens (tertiary/aromatic N) is 2. The second-order valence-corrected chi connectivity index (χ2v) is 8.54. The average Bonchev–Trinajstić information content (AvgIpc) is 2.58. The quantitative estimate of drug-likeness (QED) is 0.628. The number of rotatable bonds is 5. The van der Waals surface area contributed by atoms with E-state index in [4.69, 9.17) is 9.26 Å². The molecule has 0 saturated carbocycles. The molecule has 0 saturated heterocycles. The highest BCUT2D eigenvalue weighted by Gasteiger charge is 2.47. The van der Waals surface area contributed by atoms with E-state index in [9.17, 15) is 9.46 Å². The first kappa shape index (κ1) is 18.7. The monoisotopic (exact) mass is 375 g/mol. The van der Waals surface area contributed by atoms with E-state index in [1.165, 1.54) is 0 Å². The van der Waals surface area contributed by atoms with Crippen molar-refractivity contribution >= 4 is 13.3 Å². The van der Waals surface area contributed by atoms with Crippen molar-refractivity contribution in [3.05, 3.63) is 59.0 Å². The normalized spacial score (nSPS) is 20.2. The van der Waals surface area contributed by atoms with E-state index in [2.05, 4.69) is 6.08 Å². The number of hydrogen-bond acceptors (Lipinski definition) is 5. The number of allylic oxidation sites excluding steroid dienone is 4. The largest absolute Gasteiger partial charge is 0.396 e. The van der Waals surface area contributed by atoms with Crippen LogP contribution in [-0.4, -0.2) is 44.6 Å². The zero-order valence-corrected chi connectivity index (χ0v) is 16.6. The third-order valence-corrected chi connectivity index (χ3v) is 6.20. The topological polar surface area (TPSA) is 62.2 Å². The van der Waals surface area contributed by atoms with Gasteiger partial charge in [0.25, 0.3) is 0 Å². The van der Waals surface area contributed by atoms with Crippen molar-refractivity contribution < 1.29 is 18.7 Å². The molecule has 138 valence electrons. The zero-order valence-electron chi connectivity index (χ0n) is 15.7. The van der Waals surface area contributed by atoms with Gasteiger partial charge in [-0.25, -0.2) is 0 Å². The molecule has 0 amide bonds. The van der Waals surface area contributed by atoms with Gasteiger partial charge in [-0.05, 0) is 13.0 Å². The van der Waals surface area contributed by atoms with E-state index in [0.29, 0.717) is 22.6 Å². The first-order valence-electron chi connectivity index (χ1n) is 8.43. The van der Waals surface area contributed by atoms with Crippen LogP contribution in [0.1, 0.15) is 18.1 Å². The molecule has 1 N–H and O–H groups in total. The van der Waals surface area contributed by atoms with Crippen LogP contribution < -0.4 is 9.64 Å². The van der Waals surface area contributed by atoms with E-state index in [-0.39, 0.29) is 6.61 Å². The minimum atomic E-state index is -3.95. The van der Waals surface area contributed by atoms with Crippen LogP contribution in [0.5, 0.6) is 5.75 Å². The van der Waals surface area contributed by atoms with Crippen molar-refractivity contribution in [3.63, 3.8) is 0 Å². The summed E-state index contributed by atoms with van der Waals surface area (Å²) in [4.78, 5) is 14.5. The Balaban J connectivity index is 2.17. The van der Waals surface area contributed by atoms with Crippen LogP contribution in [0.3, 0.4) is 0 Å². The summed E-state index contributed by atoms with van der Waals surface area (Å²) in [5, 5.41) is 0. The van der Waals surface area contributed by atoms with Gasteiger partial charge in [0.05, 0.1) is 12.7 Å². The summed E-state index contributed by atoms with van der Waals surface area (Å²) >= 11 is 0. The number of anilines is 1. The molecule has 0 aromatic heterocycles. The summed E-state index contributed by atoms with van der Waals surface area (Å²) < 4.78 is 24.3. The van der Waals surface area contributed by atoms with Crippen molar-refractivity contribution in [1.29, 1.82) is 0 Å². The fraction of sp³-hybridized carbons (Fsp3) is 0.368. The van der Waals surface area contributed by atoms with Crippen molar-refractivity contribution in [2.24, 2.45) is 0 Å². The Bertz CT molecular complexity index is 855. The number of benzene rings is 1. The van der Waals surface area contributed by atoms with E-state index >= 15 is 0 Å². The number of fused-ring (bicyclic) bond motifs is 1. The molecule has 3 rings (SSSR count). The highest BCUT2D eigenvalue weighted by Crippen LogP contribution is 2.64. The van der Waals surface area contributed by atoms with Gasteiger partial charge in [-0.1, -0.05) is 6.07 Å². The van der Waals surface area contributed by atoms with Gasteiger partial charge in [0.1, 0.15) is 12.2 Å². The minimum Gasteiger partial charge on any atom is -0.396 e. The van der Waals surface area contributed by atoms with E-state index in [1.54, 1.807) is 13.0 Å². The predicted octanol–water partition coefficient (Wildman–Crippen LogP) is 3.48. The van der Waals surface area contributed by atoms with Gasteiger partial charge in [0.15, 0.2) is 22.7 Å². The first-order valence-corrected chi connectivity index (χ1v) is 10.1. The Morgan fingerprint density at radius 1 is 1.27 bits per heavy atom. The molecule has 2 atom stereocenters.